The summed E-state index contributed by atoms with van der Waals surface area (Å²) in [4.78, 5) is 14.2. The first-order chi connectivity index (χ1) is 9.19. The third-order valence-corrected chi connectivity index (χ3v) is 4.69. The van der Waals surface area contributed by atoms with Crippen molar-refractivity contribution in [1.29, 1.82) is 0 Å². The average Bonchev–Trinajstić information content (AvgIpc) is 2.93. The third kappa shape index (κ3) is 4.46. The van der Waals surface area contributed by atoms with Crippen LogP contribution in [-0.4, -0.2) is 49.1 Å². The molecule has 2 unspecified atom stereocenters. The van der Waals surface area contributed by atoms with Crippen LogP contribution in [0.4, 0.5) is 0 Å². The van der Waals surface area contributed by atoms with Crippen molar-refractivity contribution in [2.45, 2.75) is 58.0 Å². The summed E-state index contributed by atoms with van der Waals surface area (Å²) < 4.78 is 0. The lowest BCUT2D eigenvalue weighted by molar-refractivity contribution is -0.123. The number of hydrogen-bond acceptors (Lipinski definition) is 3. The zero-order chi connectivity index (χ0) is 13.7. The Labute approximate surface area is 117 Å². The fraction of sp³-hybridized carbons (Fsp3) is 0.933. The molecule has 0 radical (unpaired) electrons. The van der Waals surface area contributed by atoms with Crippen LogP contribution in [0.2, 0.25) is 0 Å². The van der Waals surface area contributed by atoms with Gasteiger partial charge in [0.25, 0.3) is 0 Å². The molecular formula is C15H29N3O. The number of likely N-dealkylation sites (tertiary alicyclic amines) is 1. The number of nitrogens with zero attached hydrogens (tertiary/aromatic N) is 1. The van der Waals surface area contributed by atoms with Gasteiger partial charge in [0.1, 0.15) is 0 Å². The Morgan fingerprint density at radius 1 is 1.37 bits per heavy atom. The minimum Gasteiger partial charge on any atom is -0.353 e. The molecule has 0 aromatic heterocycles. The lowest BCUT2D eigenvalue weighted by Crippen LogP contribution is -2.46. The number of rotatable bonds is 5. The highest BCUT2D eigenvalue weighted by Crippen LogP contribution is 2.25. The predicted octanol–water partition coefficient (Wildman–Crippen LogP) is 1.37. The van der Waals surface area contributed by atoms with Gasteiger partial charge in [-0.2, -0.15) is 0 Å². The second-order valence-electron chi connectivity index (χ2n) is 6.19. The number of piperidine rings is 1. The second-order valence-corrected chi connectivity index (χ2v) is 6.19. The number of nitrogens with one attached hydrogen (secondary N) is 2. The summed E-state index contributed by atoms with van der Waals surface area (Å²) in [6.07, 6.45) is 6.17. The van der Waals surface area contributed by atoms with Crippen molar-refractivity contribution in [3.63, 3.8) is 0 Å². The van der Waals surface area contributed by atoms with Gasteiger partial charge in [-0.15, -0.1) is 0 Å². The lowest BCUT2D eigenvalue weighted by Gasteiger charge is -2.34. The van der Waals surface area contributed by atoms with E-state index >= 15 is 0 Å². The predicted molar refractivity (Wildman–Crippen MR) is 78.1 cm³/mol. The fourth-order valence-corrected chi connectivity index (χ4v) is 3.25. The van der Waals surface area contributed by atoms with Crippen LogP contribution in [0.1, 0.15) is 46.0 Å². The molecule has 19 heavy (non-hydrogen) atoms. The van der Waals surface area contributed by atoms with Crippen molar-refractivity contribution in [1.82, 2.24) is 15.5 Å². The van der Waals surface area contributed by atoms with Crippen LogP contribution >= 0.6 is 0 Å². The van der Waals surface area contributed by atoms with Crippen molar-refractivity contribution in [2.24, 2.45) is 5.92 Å². The summed E-state index contributed by atoms with van der Waals surface area (Å²) in [6.45, 7) is 8.10. The molecule has 4 heteroatoms. The highest BCUT2D eigenvalue weighted by Gasteiger charge is 2.28. The van der Waals surface area contributed by atoms with Gasteiger partial charge >= 0.3 is 0 Å². The Balaban J connectivity index is 1.66. The van der Waals surface area contributed by atoms with Gasteiger partial charge in [-0.05, 0) is 64.6 Å². The maximum absolute atomic E-state index is 11.9. The number of carbonyl (C=O) groups is 1. The zero-order valence-corrected chi connectivity index (χ0v) is 12.5. The highest BCUT2D eigenvalue weighted by atomic mass is 16.2. The van der Waals surface area contributed by atoms with E-state index in [2.05, 4.69) is 29.4 Å². The average molecular weight is 267 g/mol. The van der Waals surface area contributed by atoms with Crippen molar-refractivity contribution in [2.75, 3.05) is 26.2 Å². The number of amides is 1. The molecule has 0 spiro atoms. The summed E-state index contributed by atoms with van der Waals surface area (Å²) >= 11 is 0. The Bertz CT molecular complexity index is 281. The largest absolute Gasteiger partial charge is 0.353 e. The molecule has 1 amide bonds. The van der Waals surface area contributed by atoms with Crippen LogP contribution in [0.25, 0.3) is 0 Å². The first kappa shape index (κ1) is 14.8. The molecular weight excluding hydrogens is 238 g/mol. The van der Waals surface area contributed by atoms with Crippen LogP contribution in [-0.2, 0) is 4.79 Å². The topological polar surface area (TPSA) is 44.4 Å². The smallest absolute Gasteiger partial charge is 0.234 e. The minimum atomic E-state index is 0.187. The minimum absolute atomic E-state index is 0.187. The van der Waals surface area contributed by atoms with E-state index in [0.29, 0.717) is 12.6 Å². The third-order valence-electron chi connectivity index (χ3n) is 4.69. The molecule has 2 heterocycles. The molecule has 4 nitrogen and oxygen atoms in total. The monoisotopic (exact) mass is 267 g/mol. The molecule has 2 atom stereocenters. The van der Waals surface area contributed by atoms with Gasteiger partial charge < -0.3 is 10.6 Å². The van der Waals surface area contributed by atoms with Gasteiger partial charge in [-0.3, -0.25) is 9.69 Å². The van der Waals surface area contributed by atoms with E-state index in [1.165, 1.54) is 32.2 Å². The van der Waals surface area contributed by atoms with Gasteiger partial charge in [0.2, 0.25) is 5.91 Å². The normalized spacial score (nSPS) is 27.4. The maximum Gasteiger partial charge on any atom is 0.234 e. The lowest BCUT2D eigenvalue weighted by atomic mass is 9.88. The Kier molecular flexibility index (Phi) is 5.64. The molecule has 110 valence electrons. The van der Waals surface area contributed by atoms with E-state index < -0.39 is 0 Å². The SMILES string of the molecule is CCC(C)NC(=O)CN1CCC(C2CCCN2)CC1. The second kappa shape index (κ2) is 7.25. The van der Waals surface area contributed by atoms with Crippen molar-refractivity contribution in [3.8, 4) is 0 Å². The van der Waals surface area contributed by atoms with Crippen LogP contribution in [0.15, 0.2) is 0 Å². The molecule has 0 aromatic rings. The van der Waals surface area contributed by atoms with E-state index in [1.807, 2.05) is 0 Å². The Hall–Kier alpha value is -0.610. The summed E-state index contributed by atoms with van der Waals surface area (Å²) in [6, 6.07) is 1.05. The molecule has 2 aliphatic rings. The highest BCUT2D eigenvalue weighted by molar-refractivity contribution is 5.78. The van der Waals surface area contributed by atoms with Crippen molar-refractivity contribution < 1.29 is 4.79 Å². The van der Waals surface area contributed by atoms with Gasteiger partial charge in [-0.25, -0.2) is 0 Å². The fourth-order valence-electron chi connectivity index (χ4n) is 3.25. The molecule has 0 bridgehead atoms. The van der Waals surface area contributed by atoms with Gasteiger partial charge in [-0.1, -0.05) is 6.92 Å². The Morgan fingerprint density at radius 3 is 2.68 bits per heavy atom. The molecule has 2 aliphatic heterocycles. The molecule has 2 saturated heterocycles. The van der Waals surface area contributed by atoms with Crippen molar-refractivity contribution >= 4 is 5.91 Å². The number of hydrogen-bond donors (Lipinski definition) is 2. The molecule has 2 rings (SSSR count). The maximum atomic E-state index is 11.9. The Morgan fingerprint density at radius 2 is 2.11 bits per heavy atom. The summed E-state index contributed by atoms with van der Waals surface area (Å²) in [5.74, 6) is 1.02. The summed E-state index contributed by atoms with van der Waals surface area (Å²) in [7, 11) is 0. The summed E-state index contributed by atoms with van der Waals surface area (Å²) in [5.41, 5.74) is 0. The standard InChI is InChI=1S/C15H29N3O/c1-3-12(2)17-15(19)11-18-9-6-13(7-10-18)14-5-4-8-16-14/h12-14,16H,3-11H2,1-2H3,(H,17,19). The van der Waals surface area contributed by atoms with Crippen LogP contribution in [0, 0.1) is 5.92 Å². The zero-order valence-electron chi connectivity index (χ0n) is 12.5. The van der Waals surface area contributed by atoms with E-state index in [4.69, 9.17) is 0 Å². The quantitative estimate of drug-likeness (QED) is 0.790. The first-order valence-corrected chi connectivity index (χ1v) is 7.94. The van der Waals surface area contributed by atoms with Crippen LogP contribution < -0.4 is 10.6 Å². The molecule has 0 aliphatic carbocycles. The van der Waals surface area contributed by atoms with Crippen LogP contribution in [0.5, 0.6) is 0 Å². The van der Waals surface area contributed by atoms with E-state index in [0.717, 1.165) is 31.5 Å². The molecule has 2 fully saturated rings. The van der Waals surface area contributed by atoms with E-state index in [9.17, 15) is 4.79 Å². The van der Waals surface area contributed by atoms with Gasteiger partial charge in [0, 0.05) is 12.1 Å². The summed E-state index contributed by atoms with van der Waals surface area (Å²) in [5, 5.41) is 6.67. The van der Waals surface area contributed by atoms with Gasteiger partial charge in [0.05, 0.1) is 6.54 Å². The molecule has 0 aromatic carbocycles. The van der Waals surface area contributed by atoms with E-state index in [1.54, 1.807) is 0 Å². The van der Waals surface area contributed by atoms with Crippen LogP contribution in [0.3, 0.4) is 0 Å². The molecule has 2 N–H and O–H groups in total. The first-order valence-electron chi connectivity index (χ1n) is 7.94. The number of carbonyl (C=O) groups excluding carboxylic acids is 1. The van der Waals surface area contributed by atoms with Crippen molar-refractivity contribution in [3.05, 3.63) is 0 Å². The van der Waals surface area contributed by atoms with Gasteiger partial charge in [0.15, 0.2) is 0 Å². The van der Waals surface area contributed by atoms with E-state index in [-0.39, 0.29) is 5.91 Å². The molecule has 0 saturated carbocycles.